The molecule has 1 saturated heterocycles. The number of nitrogens with two attached hydrogens (primary N) is 1. The molecule has 1 fully saturated rings. The van der Waals surface area contributed by atoms with E-state index in [4.69, 9.17) is 10.2 Å². The summed E-state index contributed by atoms with van der Waals surface area (Å²) < 4.78 is 5.36. The second-order valence-corrected chi connectivity index (χ2v) is 3.62. The molecule has 6 nitrogen and oxygen atoms in total. The standard InChI is InChI=1S/C8H14N4O2/c1-4(9)7-11-12-8(14-7)6-2-5(13)3-10-6/h4-6,10,13H,2-3,9H2,1H3/t4-,5+,6+/m0/s1. The topological polar surface area (TPSA) is 97.2 Å². The molecule has 2 rings (SSSR count). The molecule has 3 atom stereocenters. The van der Waals surface area contributed by atoms with Gasteiger partial charge in [-0.25, -0.2) is 0 Å². The summed E-state index contributed by atoms with van der Waals surface area (Å²) in [5, 5.41) is 20.1. The summed E-state index contributed by atoms with van der Waals surface area (Å²) in [5.41, 5.74) is 5.59. The molecule has 1 aliphatic heterocycles. The summed E-state index contributed by atoms with van der Waals surface area (Å²) in [4.78, 5) is 0. The number of nitrogens with zero attached hydrogens (tertiary/aromatic N) is 2. The number of nitrogens with one attached hydrogen (secondary N) is 1. The maximum absolute atomic E-state index is 9.30. The van der Waals surface area contributed by atoms with Gasteiger partial charge in [-0.1, -0.05) is 0 Å². The Balaban J connectivity index is 2.09. The zero-order valence-electron chi connectivity index (χ0n) is 7.97. The third-order valence-corrected chi connectivity index (χ3v) is 2.25. The van der Waals surface area contributed by atoms with Crippen LogP contribution in [0.1, 0.15) is 37.2 Å². The third kappa shape index (κ3) is 1.77. The lowest BCUT2D eigenvalue weighted by molar-refractivity contribution is 0.191. The van der Waals surface area contributed by atoms with Crippen LogP contribution in [0.2, 0.25) is 0 Å². The van der Waals surface area contributed by atoms with Crippen molar-refractivity contribution in [1.29, 1.82) is 0 Å². The van der Waals surface area contributed by atoms with Crippen molar-refractivity contribution in [3.05, 3.63) is 11.8 Å². The van der Waals surface area contributed by atoms with Crippen molar-refractivity contribution in [2.45, 2.75) is 31.5 Å². The van der Waals surface area contributed by atoms with Gasteiger partial charge in [0, 0.05) is 6.54 Å². The predicted molar refractivity (Wildman–Crippen MR) is 48.3 cm³/mol. The molecule has 0 amide bonds. The molecule has 4 N–H and O–H groups in total. The monoisotopic (exact) mass is 198 g/mol. The minimum Gasteiger partial charge on any atom is -0.422 e. The summed E-state index contributed by atoms with van der Waals surface area (Å²) in [7, 11) is 0. The van der Waals surface area contributed by atoms with E-state index in [0.29, 0.717) is 24.7 Å². The van der Waals surface area contributed by atoms with Crippen molar-refractivity contribution < 1.29 is 9.52 Å². The summed E-state index contributed by atoms with van der Waals surface area (Å²) in [6.45, 7) is 2.36. The largest absolute Gasteiger partial charge is 0.422 e. The minimum atomic E-state index is -0.328. The SMILES string of the molecule is C[C@H](N)c1nnc([C@H]2C[C@@H](O)CN2)o1. The highest BCUT2D eigenvalue weighted by Gasteiger charge is 2.28. The molecule has 1 aromatic heterocycles. The molecule has 14 heavy (non-hydrogen) atoms. The summed E-state index contributed by atoms with van der Waals surface area (Å²) in [6.07, 6.45) is 0.284. The van der Waals surface area contributed by atoms with E-state index in [1.807, 2.05) is 0 Å². The van der Waals surface area contributed by atoms with Gasteiger partial charge in [-0.15, -0.1) is 10.2 Å². The zero-order valence-corrected chi connectivity index (χ0v) is 7.97. The Kier molecular flexibility index (Phi) is 2.49. The molecule has 1 aliphatic rings. The fourth-order valence-corrected chi connectivity index (χ4v) is 1.48. The maximum atomic E-state index is 9.30. The molecular weight excluding hydrogens is 184 g/mol. The van der Waals surface area contributed by atoms with E-state index in [1.54, 1.807) is 6.92 Å². The number of rotatable bonds is 2. The molecule has 0 radical (unpaired) electrons. The highest BCUT2D eigenvalue weighted by atomic mass is 16.4. The van der Waals surface area contributed by atoms with E-state index in [0.717, 1.165) is 0 Å². The van der Waals surface area contributed by atoms with E-state index in [2.05, 4.69) is 15.5 Å². The van der Waals surface area contributed by atoms with Crippen LogP contribution >= 0.6 is 0 Å². The lowest BCUT2D eigenvalue weighted by atomic mass is 10.2. The molecule has 0 aromatic carbocycles. The van der Waals surface area contributed by atoms with E-state index in [9.17, 15) is 5.11 Å². The molecule has 78 valence electrons. The minimum absolute atomic E-state index is 0.0370. The normalized spacial score (nSPS) is 29.4. The Morgan fingerprint density at radius 3 is 2.93 bits per heavy atom. The highest BCUT2D eigenvalue weighted by Crippen LogP contribution is 2.22. The number of aromatic nitrogens is 2. The summed E-state index contributed by atoms with van der Waals surface area (Å²) >= 11 is 0. The van der Waals surface area contributed by atoms with Gasteiger partial charge >= 0.3 is 0 Å². The van der Waals surface area contributed by atoms with Crippen LogP contribution in [0.15, 0.2) is 4.42 Å². The lowest BCUT2D eigenvalue weighted by Crippen LogP contribution is -2.15. The highest BCUT2D eigenvalue weighted by molar-refractivity contribution is 4.96. The van der Waals surface area contributed by atoms with Crippen LogP contribution in [0.3, 0.4) is 0 Å². The quantitative estimate of drug-likeness (QED) is 0.592. The maximum Gasteiger partial charge on any atom is 0.233 e. The number of aliphatic hydroxyl groups excluding tert-OH is 1. The van der Waals surface area contributed by atoms with Gasteiger partial charge in [0.25, 0.3) is 0 Å². The van der Waals surface area contributed by atoms with Gasteiger partial charge < -0.3 is 20.6 Å². The Morgan fingerprint density at radius 1 is 1.64 bits per heavy atom. The van der Waals surface area contributed by atoms with Crippen LogP contribution in [-0.4, -0.2) is 28.0 Å². The van der Waals surface area contributed by atoms with Crippen molar-refractivity contribution in [1.82, 2.24) is 15.5 Å². The second kappa shape index (κ2) is 3.64. The van der Waals surface area contributed by atoms with Gasteiger partial charge in [0.15, 0.2) is 0 Å². The van der Waals surface area contributed by atoms with Gasteiger partial charge in [0.2, 0.25) is 11.8 Å². The Labute approximate surface area is 81.5 Å². The van der Waals surface area contributed by atoms with Crippen LogP contribution in [-0.2, 0) is 0 Å². The lowest BCUT2D eigenvalue weighted by Gasteiger charge is -2.02. The smallest absolute Gasteiger partial charge is 0.233 e. The first-order valence-corrected chi connectivity index (χ1v) is 4.67. The fourth-order valence-electron chi connectivity index (χ4n) is 1.48. The van der Waals surface area contributed by atoms with E-state index in [-0.39, 0.29) is 18.2 Å². The van der Waals surface area contributed by atoms with Crippen LogP contribution in [0.4, 0.5) is 0 Å². The average Bonchev–Trinajstić information content (AvgIpc) is 2.70. The number of hydrogen-bond acceptors (Lipinski definition) is 6. The predicted octanol–water partition coefficient (Wildman–Crippen LogP) is -0.515. The van der Waals surface area contributed by atoms with Crippen LogP contribution < -0.4 is 11.1 Å². The van der Waals surface area contributed by atoms with E-state index < -0.39 is 0 Å². The third-order valence-electron chi connectivity index (χ3n) is 2.25. The molecule has 0 bridgehead atoms. The van der Waals surface area contributed by atoms with Gasteiger partial charge in [-0.3, -0.25) is 0 Å². The average molecular weight is 198 g/mol. The van der Waals surface area contributed by atoms with Gasteiger partial charge in [0.05, 0.1) is 18.2 Å². The van der Waals surface area contributed by atoms with Crippen molar-refractivity contribution in [2.75, 3.05) is 6.54 Å². The van der Waals surface area contributed by atoms with Crippen LogP contribution in [0.25, 0.3) is 0 Å². The summed E-state index contributed by atoms with van der Waals surface area (Å²) in [6, 6.07) is -0.285. The summed E-state index contributed by atoms with van der Waals surface area (Å²) in [5.74, 6) is 0.942. The van der Waals surface area contributed by atoms with Crippen LogP contribution in [0, 0.1) is 0 Å². The molecule has 0 unspecified atom stereocenters. The van der Waals surface area contributed by atoms with Gasteiger partial charge in [-0.05, 0) is 13.3 Å². The molecule has 0 spiro atoms. The van der Waals surface area contributed by atoms with Crippen molar-refractivity contribution >= 4 is 0 Å². The Hall–Kier alpha value is -0.980. The molecular formula is C8H14N4O2. The number of hydrogen-bond donors (Lipinski definition) is 3. The first kappa shape index (κ1) is 9.57. The number of β-amino-alcohol motifs (C(OH)–C–C–N with tert-alkyl or cyclic N) is 1. The van der Waals surface area contributed by atoms with Crippen LogP contribution in [0.5, 0.6) is 0 Å². The van der Waals surface area contributed by atoms with E-state index in [1.165, 1.54) is 0 Å². The number of aliphatic hydroxyl groups is 1. The van der Waals surface area contributed by atoms with Gasteiger partial charge in [0.1, 0.15) is 0 Å². The first-order chi connectivity index (χ1) is 6.66. The second-order valence-electron chi connectivity index (χ2n) is 3.62. The van der Waals surface area contributed by atoms with Gasteiger partial charge in [-0.2, -0.15) is 0 Å². The van der Waals surface area contributed by atoms with Crippen molar-refractivity contribution in [3.63, 3.8) is 0 Å². The van der Waals surface area contributed by atoms with Crippen molar-refractivity contribution in [2.24, 2.45) is 5.73 Å². The van der Waals surface area contributed by atoms with Crippen molar-refractivity contribution in [3.8, 4) is 0 Å². The van der Waals surface area contributed by atoms with E-state index >= 15 is 0 Å². The Bertz CT molecular complexity index is 312. The molecule has 6 heteroatoms. The molecule has 0 aliphatic carbocycles. The first-order valence-electron chi connectivity index (χ1n) is 4.67. The molecule has 2 heterocycles. The molecule has 1 aromatic rings. The Morgan fingerprint density at radius 2 is 2.43 bits per heavy atom. The fraction of sp³-hybridized carbons (Fsp3) is 0.750. The molecule has 0 saturated carbocycles. The zero-order chi connectivity index (χ0) is 10.1.